The van der Waals surface area contributed by atoms with Crippen molar-refractivity contribution in [1.82, 2.24) is 0 Å². The number of ether oxygens (including phenoxy) is 4. The molecule has 1 unspecified atom stereocenters. The molecule has 0 bridgehead atoms. The zero-order valence-corrected chi connectivity index (χ0v) is 16.2. The second-order valence-electron chi connectivity index (χ2n) is 6.09. The number of methoxy groups -OCH3 is 1. The minimum Gasteiger partial charge on any atom is -0.380 e. The summed E-state index contributed by atoms with van der Waals surface area (Å²) in [6.07, 6.45) is 6.80. The van der Waals surface area contributed by atoms with E-state index >= 15 is 0 Å². The lowest BCUT2D eigenvalue weighted by atomic mass is 10.1. The second-order valence-corrected chi connectivity index (χ2v) is 7.43. The van der Waals surface area contributed by atoms with Crippen LogP contribution in [0.5, 0.6) is 0 Å². The van der Waals surface area contributed by atoms with E-state index in [1.807, 2.05) is 0 Å². The average Bonchev–Trinajstić information content (AvgIpc) is 2.89. The highest BCUT2D eigenvalue weighted by atomic mass is 32.2. The van der Waals surface area contributed by atoms with Crippen molar-refractivity contribution < 1.29 is 18.9 Å². The highest BCUT2D eigenvalue weighted by molar-refractivity contribution is 8.00. The van der Waals surface area contributed by atoms with Crippen LogP contribution in [0.25, 0.3) is 0 Å². The minimum atomic E-state index is 0.00758. The number of thioether (sulfide) groups is 1. The van der Waals surface area contributed by atoms with Crippen LogP contribution in [0, 0.1) is 0 Å². The smallest absolute Gasteiger partial charge is 0.132 e. The van der Waals surface area contributed by atoms with E-state index in [-0.39, 0.29) is 17.6 Å². The van der Waals surface area contributed by atoms with Gasteiger partial charge in [-0.15, -0.1) is 11.8 Å². The Hall–Kier alpha value is 0.190. The van der Waals surface area contributed by atoms with E-state index in [2.05, 4.69) is 20.8 Å². The first-order valence-corrected chi connectivity index (χ1v) is 10.2. The van der Waals surface area contributed by atoms with Gasteiger partial charge in [-0.3, -0.25) is 0 Å². The molecule has 1 saturated heterocycles. The van der Waals surface area contributed by atoms with Crippen LogP contribution < -0.4 is 0 Å². The van der Waals surface area contributed by atoms with Crippen LogP contribution in [-0.4, -0.2) is 56.4 Å². The standard InChI is InChI=1S/C18H36O4S/c1-5-8-11-20-14-15-16(21-12-9-6-2)17(18(19-4)23-15)22-13-10-7-3/h15-18H,5-14H2,1-4H3/t15-,16+,17+,18?/m1/s1. The van der Waals surface area contributed by atoms with Crippen LogP contribution >= 0.6 is 11.8 Å². The molecule has 0 spiro atoms. The zero-order valence-electron chi connectivity index (χ0n) is 15.4. The van der Waals surface area contributed by atoms with E-state index in [9.17, 15) is 0 Å². The molecule has 0 radical (unpaired) electrons. The molecular formula is C18H36O4S. The quantitative estimate of drug-likeness (QED) is 0.438. The van der Waals surface area contributed by atoms with Gasteiger partial charge in [0.1, 0.15) is 17.6 Å². The zero-order chi connectivity index (χ0) is 16.9. The molecular weight excluding hydrogens is 312 g/mol. The Balaban J connectivity index is 2.57. The number of unbranched alkanes of at least 4 members (excludes halogenated alkanes) is 3. The van der Waals surface area contributed by atoms with Crippen molar-refractivity contribution >= 4 is 11.8 Å². The largest absolute Gasteiger partial charge is 0.380 e. The molecule has 0 aromatic rings. The Morgan fingerprint density at radius 1 is 0.783 bits per heavy atom. The van der Waals surface area contributed by atoms with Gasteiger partial charge in [0.2, 0.25) is 0 Å². The fourth-order valence-electron chi connectivity index (χ4n) is 2.57. The summed E-state index contributed by atoms with van der Waals surface area (Å²) in [6, 6.07) is 0. The molecule has 4 nitrogen and oxygen atoms in total. The first-order chi connectivity index (χ1) is 11.3. The Morgan fingerprint density at radius 3 is 1.91 bits per heavy atom. The number of hydrogen-bond acceptors (Lipinski definition) is 5. The highest BCUT2D eigenvalue weighted by Crippen LogP contribution is 2.38. The summed E-state index contributed by atoms with van der Waals surface area (Å²) in [5, 5.41) is 0.292. The summed E-state index contributed by atoms with van der Waals surface area (Å²) in [7, 11) is 1.76. The molecule has 5 heteroatoms. The monoisotopic (exact) mass is 348 g/mol. The molecule has 0 aromatic heterocycles. The molecule has 0 N–H and O–H groups in total. The second kappa shape index (κ2) is 13.5. The molecule has 0 aromatic carbocycles. The predicted octanol–water partition coefficient (Wildman–Crippen LogP) is 4.26. The highest BCUT2D eigenvalue weighted by Gasteiger charge is 2.46. The van der Waals surface area contributed by atoms with Crippen molar-refractivity contribution in [2.45, 2.75) is 82.2 Å². The fraction of sp³-hybridized carbons (Fsp3) is 1.00. The molecule has 0 amide bonds. The van der Waals surface area contributed by atoms with Gasteiger partial charge in [0.25, 0.3) is 0 Å². The van der Waals surface area contributed by atoms with Gasteiger partial charge in [0.15, 0.2) is 0 Å². The van der Waals surface area contributed by atoms with Gasteiger partial charge in [-0.2, -0.15) is 0 Å². The van der Waals surface area contributed by atoms with Gasteiger partial charge in [-0.1, -0.05) is 40.0 Å². The third-order valence-corrected chi connectivity index (χ3v) is 5.52. The summed E-state index contributed by atoms with van der Waals surface area (Å²) in [5.74, 6) is 0. The minimum absolute atomic E-state index is 0.00758. The molecule has 138 valence electrons. The van der Waals surface area contributed by atoms with Gasteiger partial charge >= 0.3 is 0 Å². The van der Waals surface area contributed by atoms with E-state index in [1.54, 1.807) is 18.9 Å². The van der Waals surface area contributed by atoms with Crippen molar-refractivity contribution in [3.8, 4) is 0 Å². The van der Waals surface area contributed by atoms with Crippen molar-refractivity contribution in [3.63, 3.8) is 0 Å². The van der Waals surface area contributed by atoms with Gasteiger partial charge in [0.05, 0.1) is 11.9 Å². The molecule has 1 heterocycles. The third kappa shape index (κ3) is 7.74. The molecule has 1 aliphatic heterocycles. The molecule has 0 aliphatic carbocycles. The van der Waals surface area contributed by atoms with Crippen LogP contribution in [-0.2, 0) is 18.9 Å². The molecule has 1 rings (SSSR count). The topological polar surface area (TPSA) is 36.9 Å². The fourth-order valence-corrected chi connectivity index (χ4v) is 3.97. The summed E-state index contributed by atoms with van der Waals surface area (Å²) in [5.41, 5.74) is 0.0401. The normalized spacial score (nSPS) is 27.7. The van der Waals surface area contributed by atoms with Gasteiger partial charge in [-0.05, 0) is 19.3 Å². The van der Waals surface area contributed by atoms with Crippen LogP contribution in [0.3, 0.4) is 0 Å². The van der Waals surface area contributed by atoms with E-state index in [1.165, 1.54) is 0 Å². The number of hydrogen-bond donors (Lipinski definition) is 0. The summed E-state index contributed by atoms with van der Waals surface area (Å²) >= 11 is 1.80. The lowest BCUT2D eigenvalue weighted by Crippen LogP contribution is -2.40. The molecule has 0 saturated carbocycles. The third-order valence-electron chi connectivity index (χ3n) is 4.04. The lowest BCUT2D eigenvalue weighted by molar-refractivity contribution is -0.103. The van der Waals surface area contributed by atoms with Crippen molar-refractivity contribution in [2.24, 2.45) is 0 Å². The maximum absolute atomic E-state index is 6.18. The first-order valence-electron chi connectivity index (χ1n) is 9.27. The predicted molar refractivity (Wildman–Crippen MR) is 97.2 cm³/mol. The maximum atomic E-state index is 6.18. The Morgan fingerprint density at radius 2 is 1.35 bits per heavy atom. The lowest BCUT2D eigenvalue weighted by Gasteiger charge is -2.26. The van der Waals surface area contributed by atoms with E-state index in [0.717, 1.165) is 65.0 Å². The van der Waals surface area contributed by atoms with Crippen molar-refractivity contribution in [1.29, 1.82) is 0 Å². The summed E-state index contributed by atoms with van der Waals surface area (Å²) in [4.78, 5) is 0. The molecule has 1 fully saturated rings. The van der Waals surface area contributed by atoms with Gasteiger partial charge in [0, 0.05) is 26.9 Å². The van der Waals surface area contributed by atoms with Gasteiger partial charge in [-0.25, -0.2) is 0 Å². The number of rotatable bonds is 14. The van der Waals surface area contributed by atoms with E-state index in [0.29, 0.717) is 5.25 Å². The SMILES string of the molecule is CCCCOC[C@H]1SC(OC)[C@@H](OCCCC)[C@H]1OCCCC. The Bertz CT molecular complexity index is 278. The van der Waals surface area contributed by atoms with Crippen LogP contribution in [0.2, 0.25) is 0 Å². The molecule has 23 heavy (non-hydrogen) atoms. The van der Waals surface area contributed by atoms with E-state index < -0.39 is 0 Å². The van der Waals surface area contributed by atoms with Gasteiger partial charge < -0.3 is 18.9 Å². The Labute approximate surface area is 147 Å². The first kappa shape index (κ1) is 21.2. The molecule has 1 aliphatic rings. The molecule has 4 atom stereocenters. The maximum Gasteiger partial charge on any atom is 0.132 e. The van der Waals surface area contributed by atoms with Crippen LogP contribution in [0.4, 0.5) is 0 Å². The van der Waals surface area contributed by atoms with Crippen LogP contribution in [0.15, 0.2) is 0 Å². The van der Waals surface area contributed by atoms with Crippen molar-refractivity contribution in [2.75, 3.05) is 33.5 Å². The van der Waals surface area contributed by atoms with Crippen LogP contribution in [0.1, 0.15) is 59.3 Å². The van der Waals surface area contributed by atoms with Crippen molar-refractivity contribution in [3.05, 3.63) is 0 Å². The summed E-state index contributed by atoms with van der Waals surface area (Å²) < 4.78 is 23.8. The van der Waals surface area contributed by atoms with E-state index in [4.69, 9.17) is 18.9 Å². The average molecular weight is 349 g/mol. The summed E-state index contributed by atoms with van der Waals surface area (Å²) in [6.45, 7) is 9.66. The Kier molecular flexibility index (Phi) is 12.4.